The number of para-hydroxylation sites is 1. The zero-order valence-electron chi connectivity index (χ0n) is 15.0. The predicted octanol–water partition coefficient (Wildman–Crippen LogP) is 3.94. The molecular formula is C24H17NO3. The van der Waals surface area contributed by atoms with Crippen LogP contribution in [0.4, 0.5) is 5.69 Å². The van der Waals surface area contributed by atoms with Gasteiger partial charge >= 0.3 is 0 Å². The molecule has 1 heterocycles. The van der Waals surface area contributed by atoms with Crippen LogP contribution in [0.25, 0.3) is 0 Å². The van der Waals surface area contributed by atoms with Gasteiger partial charge in [0, 0.05) is 23.5 Å². The lowest BCUT2D eigenvalue weighted by molar-refractivity contribution is -0.122. The largest absolute Gasteiger partial charge is 0.289 e. The van der Waals surface area contributed by atoms with Gasteiger partial charge in [-0.2, -0.15) is 0 Å². The van der Waals surface area contributed by atoms with E-state index in [0.29, 0.717) is 16.8 Å². The van der Waals surface area contributed by atoms with Gasteiger partial charge in [0.25, 0.3) is 0 Å². The number of hydrogen-bond donors (Lipinski definition) is 0. The molecule has 1 fully saturated rings. The lowest BCUT2D eigenvalue weighted by Gasteiger charge is -2.30. The molecule has 2 aliphatic rings. The number of hydrogen-bond acceptors (Lipinski definition) is 3. The smallest absolute Gasteiger partial charge is 0.238 e. The molecule has 0 saturated carbocycles. The van der Waals surface area contributed by atoms with Crippen LogP contribution in [0.1, 0.15) is 39.4 Å². The Labute approximate surface area is 162 Å². The molecule has 1 aliphatic carbocycles. The highest BCUT2D eigenvalue weighted by Crippen LogP contribution is 2.45. The molecule has 4 heteroatoms. The quantitative estimate of drug-likeness (QED) is 0.645. The lowest BCUT2D eigenvalue weighted by atomic mass is 9.71. The Morgan fingerprint density at radius 2 is 1.21 bits per heavy atom. The molecule has 0 radical (unpaired) electrons. The normalized spacial score (nSPS) is 18.9. The van der Waals surface area contributed by atoms with Crippen molar-refractivity contribution in [2.45, 2.75) is 12.3 Å². The summed E-state index contributed by atoms with van der Waals surface area (Å²) in [6.07, 6.45) is 0.134. The first-order chi connectivity index (χ1) is 13.7. The fraction of sp³-hybridized carbons (Fsp3) is 0.125. The van der Waals surface area contributed by atoms with E-state index in [1.807, 2.05) is 54.6 Å². The zero-order chi connectivity index (χ0) is 19.3. The number of anilines is 1. The first-order valence-electron chi connectivity index (χ1n) is 9.31. The molecule has 3 aromatic carbocycles. The molecule has 0 spiro atoms. The lowest BCUT2D eigenvalue weighted by Crippen LogP contribution is -2.33. The summed E-state index contributed by atoms with van der Waals surface area (Å²) >= 11 is 0. The Kier molecular flexibility index (Phi) is 3.72. The SMILES string of the molecule is O=C1c2ccccc2C([C@@H]2CC(=O)N(c3ccccc3)C2=O)c2ccccc21. The van der Waals surface area contributed by atoms with Gasteiger partial charge < -0.3 is 0 Å². The van der Waals surface area contributed by atoms with Crippen molar-refractivity contribution in [2.24, 2.45) is 5.92 Å². The Hall–Kier alpha value is -3.53. The van der Waals surface area contributed by atoms with Crippen molar-refractivity contribution in [3.8, 4) is 0 Å². The third-order valence-electron chi connectivity index (χ3n) is 5.68. The molecule has 28 heavy (non-hydrogen) atoms. The molecule has 1 aliphatic heterocycles. The summed E-state index contributed by atoms with van der Waals surface area (Å²) in [4.78, 5) is 40.3. The minimum Gasteiger partial charge on any atom is -0.289 e. The molecule has 3 aromatic rings. The Morgan fingerprint density at radius 1 is 0.679 bits per heavy atom. The second kappa shape index (κ2) is 6.27. The maximum atomic E-state index is 13.3. The zero-order valence-corrected chi connectivity index (χ0v) is 15.0. The molecule has 0 N–H and O–H groups in total. The van der Waals surface area contributed by atoms with E-state index in [1.54, 1.807) is 24.3 Å². The maximum absolute atomic E-state index is 13.3. The summed E-state index contributed by atoms with van der Waals surface area (Å²) in [5, 5.41) is 0. The van der Waals surface area contributed by atoms with Gasteiger partial charge in [0.2, 0.25) is 11.8 Å². The molecule has 136 valence electrons. The van der Waals surface area contributed by atoms with Crippen molar-refractivity contribution < 1.29 is 14.4 Å². The average Bonchev–Trinajstić information content (AvgIpc) is 3.03. The molecule has 1 saturated heterocycles. The summed E-state index contributed by atoms with van der Waals surface area (Å²) in [6.45, 7) is 0. The van der Waals surface area contributed by atoms with Gasteiger partial charge in [0.05, 0.1) is 11.6 Å². The van der Waals surface area contributed by atoms with E-state index >= 15 is 0 Å². The van der Waals surface area contributed by atoms with Crippen molar-refractivity contribution in [3.63, 3.8) is 0 Å². The Bertz CT molecular complexity index is 1070. The Balaban J connectivity index is 1.64. The van der Waals surface area contributed by atoms with E-state index in [-0.39, 0.29) is 29.9 Å². The van der Waals surface area contributed by atoms with Crippen LogP contribution >= 0.6 is 0 Å². The predicted molar refractivity (Wildman–Crippen MR) is 105 cm³/mol. The third kappa shape index (κ3) is 2.34. The number of carbonyl (C=O) groups is 3. The molecule has 1 atom stereocenters. The van der Waals surface area contributed by atoms with Crippen LogP contribution in [0.15, 0.2) is 78.9 Å². The third-order valence-corrected chi connectivity index (χ3v) is 5.68. The molecule has 4 nitrogen and oxygen atoms in total. The van der Waals surface area contributed by atoms with E-state index in [4.69, 9.17) is 0 Å². The maximum Gasteiger partial charge on any atom is 0.238 e. The van der Waals surface area contributed by atoms with Crippen LogP contribution in [0.5, 0.6) is 0 Å². The molecule has 0 bridgehead atoms. The number of ketones is 1. The number of rotatable bonds is 2. The van der Waals surface area contributed by atoms with Gasteiger partial charge in [-0.1, -0.05) is 66.7 Å². The van der Waals surface area contributed by atoms with Crippen molar-refractivity contribution >= 4 is 23.3 Å². The number of fused-ring (bicyclic) bond motifs is 2. The minimum absolute atomic E-state index is 0.0286. The first kappa shape index (κ1) is 16.6. The number of nitrogens with zero attached hydrogens (tertiary/aromatic N) is 1. The van der Waals surface area contributed by atoms with Crippen LogP contribution in [-0.2, 0) is 9.59 Å². The van der Waals surface area contributed by atoms with Crippen LogP contribution in [-0.4, -0.2) is 17.6 Å². The van der Waals surface area contributed by atoms with Crippen LogP contribution in [0.2, 0.25) is 0 Å². The fourth-order valence-corrected chi connectivity index (χ4v) is 4.46. The van der Waals surface area contributed by atoms with E-state index in [1.165, 1.54) is 4.90 Å². The number of imide groups is 1. The summed E-state index contributed by atoms with van der Waals surface area (Å²) in [7, 11) is 0. The highest BCUT2D eigenvalue weighted by atomic mass is 16.2. The van der Waals surface area contributed by atoms with Gasteiger partial charge in [-0.25, -0.2) is 0 Å². The summed E-state index contributed by atoms with van der Waals surface area (Å²) < 4.78 is 0. The fourth-order valence-electron chi connectivity index (χ4n) is 4.46. The van der Waals surface area contributed by atoms with Crippen LogP contribution in [0, 0.1) is 5.92 Å². The molecule has 2 amide bonds. The second-order valence-corrected chi connectivity index (χ2v) is 7.19. The van der Waals surface area contributed by atoms with E-state index in [9.17, 15) is 14.4 Å². The summed E-state index contributed by atoms with van der Waals surface area (Å²) in [6, 6.07) is 23.8. The van der Waals surface area contributed by atoms with Gasteiger partial charge in [-0.3, -0.25) is 19.3 Å². The van der Waals surface area contributed by atoms with Crippen molar-refractivity contribution in [1.82, 2.24) is 0 Å². The van der Waals surface area contributed by atoms with E-state index < -0.39 is 5.92 Å². The van der Waals surface area contributed by atoms with E-state index in [2.05, 4.69) is 0 Å². The van der Waals surface area contributed by atoms with E-state index in [0.717, 1.165) is 11.1 Å². The van der Waals surface area contributed by atoms with Gasteiger partial charge in [-0.05, 0) is 23.3 Å². The second-order valence-electron chi connectivity index (χ2n) is 7.19. The highest BCUT2D eigenvalue weighted by molar-refractivity contribution is 6.22. The van der Waals surface area contributed by atoms with Crippen molar-refractivity contribution in [2.75, 3.05) is 4.90 Å². The molecular weight excluding hydrogens is 350 g/mol. The van der Waals surface area contributed by atoms with Gasteiger partial charge in [0.15, 0.2) is 5.78 Å². The number of carbonyl (C=O) groups excluding carboxylic acids is 3. The summed E-state index contributed by atoms with van der Waals surface area (Å²) in [5.41, 5.74) is 3.47. The van der Waals surface area contributed by atoms with Crippen molar-refractivity contribution in [3.05, 3.63) is 101 Å². The summed E-state index contributed by atoms with van der Waals surface area (Å²) in [5.74, 6) is -1.27. The topological polar surface area (TPSA) is 54.5 Å². The highest BCUT2D eigenvalue weighted by Gasteiger charge is 2.47. The molecule has 0 unspecified atom stereocenters. The monoisotopic (exact) mass is 367 g/mol. The minimum atomic E-state index is -0.525. The van der Waals surface area contributed by atoms with Gasteiger partial charge in [0.1, 0.15) is 0 Å². The van der Waals surface area contributed by atoms with Crippen LogP contribution in [0.3, 0.4) is 0 Å². The van der Waals surface area contributed by atoms with Crippen molar-refractivity contribution in [1.29, 1.82) is 0 Å². The first-order valence-corrected chi connectivity index (χ1v) is 9.31. The molecule has 0 aromatic heterocycles. The number of benzene rings is 3. The number of amides is 2. The average molecular weight is 367 g/mol. The van der Waals surface area contributed by atoms with Gasteiger partial charge in [-0.15, -0.1) is 0 Å². The Morgan fingerprint density at radius 3 is 1.82 bits per heavy atom. The van der Waals surface area contributed by atoms with Crippen LogP contribution < -0.4 is 4.90 Å². The standard InChI is InChI=1S/C24H17NO3/c26-21-14-20(24(28)25(21)15-8-2-1-3-9-15)22-16-10-4-6-12-18(16)23(27)19-13-7-5-11-17(19)22/h1-13,20,22H,14H2/t20-/m0/s1. The molecule has 5 rings (SSSR count).